The topological polar surface area (TPSA) is 44.8 Å². The van der Waals surface area contributed by atoms with Gasteiger partial charge in [0.05, 0.1) is 13.2 Å². The van der Waals surface area contributed by atoms with Crippen molar-refractivity contribution in [1.82, 2.24) is 15.1 Å². The molecule has 1 unspecified atom stereocenters. The first-order valence-electron chi connectivity index (χ1n) is 8.36. The molecule has 1 amide bonds. The summed E-state index contributed by atoms with van der Waals surface area (Å²) < 4.78 is 5.60. The van der Waals surface area contributed by atoms with Crippen molar-refractivity contribution in [3.8, 4) is 0 Å². The maximum atomic E-state index is 11.6. The monoisotopic (exact) mass is 299 g/mol. The molecule has 1 rings (SSSR count). The Morgan fingerprint density at radius 1 is 1.14 bits per heavy atom. The van der Waals surface area contributed by atoms with Gasteiger partial charge in [-0.3, -0.25) is 14.6 Å². The standard InChI is InChI=1S/C16H33N3O2/c1-5-15(4)16(20)17-6-12-21-13-11-18-7-9-19(10-8-18)14(2)3/h14-15H,5-13H2,1-4H3,(H,17,20). The van der Waals surface area contributed by atoms with E-state index < -0.39 is 0 Å². The highest BCUT2D eigenvalue weighted by Crippen LogP contribution is 2.05. The Bertz CT molecular complexity index is 289. The lowest BCUT2D eigenvalue weighted by molar-refractivity contribution is -0.124. The molecule has 5 heteroatoms. The maximum Gasteiger partial charge on any atom is 0.222 e. The fourth-order valence-corrected chi connectivity index (χ4v) is 2.41. The molecule has 5 nitrogen and oxygen atoms in total. The molecule has 1 heterocycles. The van der Waals surface area contributed by atoms with Gasteiger partial charge in [0.25, 0.3) is 0 Å². The van der Waals surface area contributed by atoms with E-state index in [0.717, 1.165) is 45.8 Å². The Kier molecular flexibility index (Phi) is 8.88. The Labute approximate surface area is 130 Å². The number of rotatable bonds is 9. The maximum absolute atomic E-state index is 11.6. The van der Waals surface area contributed by atoms with Crippen molar-refractivity contribution in [2.45, 2.75) is 40.2 Å². The minimum absolute atomic E-state index is 0.0993. The minimum Gasteiger partial charge on any atom is -0.378 e. The molecule has 0 aliphatic carbocycles. The number of hydrogen-bond donors (Lipinski definition) is 1. The molecule has 1 saturated heterocycles. The summed E-state index contributed by atoms with van der Waals surface area (Å²) in [6, 6.07) is 0.650. The van der Waals surface area contributed by atoms with Gasteiger partial charge in [-0.15, -0.1) is 0 Å². The van der Waals surface area contributed by atoms with E-state index in [9.17, 15) is 4.79 Å². The first-order valence-corrected chi connectivity index (χ1v) is 8.36. The van der Waals surface area contributed by atoms with Crippen molar-refractivity contribution in [1.29, 1.82) is 0 Å². The Morgan fingerprint density at radius 2 is 1.81 bits per heavy atom. The lowest BCUT2D eigenvalue weighted by atomic mass is 10.1. The Morgan fingerprint density at radius 3 is 2.38 bits per heavy atom. The van der Waals surface area contributed by atoms with E-state index in [4.69, 9.17) is 4.74 Å². The summed E-state index contributed by atoms with van der Waals surface area (Å²) in [5, 5.41) is 2.91. The number of piperazine rings is 1. The molecule has 1 aliphatic rings. The first kappa shape index (κ1) is 18.4. The highest BCUT2D eigenvalue weighted by atomic mass is 16.5. The van der Waals surface area contributed by atoms with Crippen molar-refractivity contribution >= 4 is 5.91 Å². The van der Waals surface area contributed by atoms with E-state index in [1.807, 2.05) is 13.8 Å². The van der Waals surface area contributed by atoms with E-state index in [0.29, 0.717) is 19.2 Å². The van der Waals surface area contributed by atoms with E-state index in [1.165, 1.54) is 0 Å². The number of hydrogen-bond acceptors (Lipinski definition) is 4. The number of carbonyl (C=O) groups excluding carboxylic acids is 1. The van der Waals surface area contributed by atoms with E-state index in [1.54, 1.807) is 0 Å². The Balaban J connectivity index is 1.97. The number of nitrogens with zero attached hydrogens (tertiary/aromatic N) is 2. The first-order chi connectivity index (χ1) is 10.0. The zero-order valence-corrected chi connectivity index (χ0v) is 14.2. The molecule has 1 aliphatic heterocycles. The molecule has 0 spiro atoms. The molecule has 0 aromatic heterocycles. The zero-order chi connectivity index (χ0) is 15.7. The largest absolute Gasteiger partial charge is 0.378 e. The quantitative estimate of drug-likeness (QED) is 0.650. The van der Waals surface area contributed by atoms with Gasteiger partial charge < -0.3 is 10.1 Å². The van der Waals surface area contributed by atoms with Crippen LogP contribution in [0.2, 0.25) is 0 Å². The SMILES string of the molecule is CCC(C)C(=O)NCCOCCN1CCN(C(C)C)CC1. The predicted octanol–water partition coefficient (Wildman–Crippen LogP) is 1.19. The molecule has 1 atom stereocenters. The smallest absolute Gasteiger partial charge is 0.222 e. The van der Waals surface area contributed by atoms with Gasteiger partial charge in [0.2, 0.25) is 5.91 Å². The molecule has 0 bridgehead atoms. The predicted molar refractivity (Wildman–Crippen MR) is 86.4 cm³/mol. The van der Waals surface area contributed by atoms with Crippen molar-refractivity contribution in [3.63, 3.8) is 0 Å². The lowest BCUT2D eigenvalue weighted by Gasteiger charge is -2.36. The average molecular weight is 299 g/mol. The normalized spacial score (nSPS) is 18.9. The number of nitrogens with one attached hydrogen (secondary N) is 1. The van der Waals surface area contributed by atoms with Crippen LogP contribution in [0.15, 0.2) is 0 Å². The second-order valence-corrected chi connectivity index (χ2v) is 6.18. The van der Waals surface area contributed by atoms with Crippen molar-refractivity contribution < 1.29 is 9.53 Å². The van der Waals surface area contributed by atoms with Gasteiger partial charge in [0.15, 0.2) is 0 Å². The van der Waals surface area contributed by atoms with Crippen LogP contribution >= 0.6 is 0 Å². The second kappa shape index (κ2) is 10.1. The van der Waals surface area contributed by atoms with Crippen LogP contribution < -0.4 is 5.32 Å². The summed E-state index contributed by atoms with van der Waals surface area (Å²) in [5.41, 5.74) is 0. The van der Waals surface area contributed by atoms with Crippen LogP contribution in [0.25, 0.3) is 0 Å². The third-order valence-electron chi connectivity index (χ3n) is 4.29. The number of amides is 1. The highest BCUT2D eigenvalue weighted by Gasteiger charge is 2.18. The van der Waals surface area contributed by atoms with Gasteiger partial charge in [0.1, 0.15) is 0 Å². The van der Waals surface area contributed by atoms with Gasteiger partial charge in [-0.1, -0.05) is 13.8 Å². The third kappa shape index (κ3) is 7.25. The zero-order valence-electron chi connectivity index (χ0n) is 14.2. The van der Waals surface area contributed by atoms with Gasteiger partial charge >= 0.3 is 0 Å². The number of ether oxygens (including phenoxy) is 1. The lowest BCUT2D eigenvalue weighted by Crippen LogP contribution is -2.49. The second-order valence-electron chi connectivity index (χ2n) is 6.18. The van der Waals surface area contributed by atoms with E-state index >= 15 is 0 Å². The van der Waals surface area contributed by atoms with Gasteiger partial charge in [-0.2, -0.15) is 0 Å². The molecule has 0 aromatic carbocycles. The molecule has 21 heavy (non-hydrogen) atoms. The number of carbonyl (C=O) groups is 1. The molecular formula is C16H33N3O2. The van der Waals surface area contributed by atoms with Crippen LogP contribution in [0.1, 0.15) is 34.1 Å². The van der Waals surface area contributed by atoms with Crippen molar-refractivity contribution in [3.05, 3.63) is 0 Å². The third-order valence-corrected chi connectivity index (χ3v) is 4.29. The summed E-state index contributed by atoms with van der Waals surface area (Å²) in [5.74, 6) is 0.230. The summed E-state index contributed by atoms with van der Waals surface area (Å²) in [4.78, 5) is 16.5. The van der Waals surface area contributed by atoms with E-state index in [2.05, 4.69) is 29.0 Å². The minimum atomic E-state index is 0.0993. The van der Waals surface area contributed by atoms with E-state index in [-0.39, 0.29) is 11.8 Å². The molecule has 0 saturated carbocycles. The molecule has 0 aromatic rings. The summed E-state index contributed by atoms with van der Waals surface area (Å²) >= 11 is 0. The van der Waals surface area contributed by atoms with Crippen molar-refractivity contribution in [2.24, 2.45) is 5.92 Å². The average Bonchev–Trinajstić information content (AvgIpc) is 2.50. The summed E-state index contributed by atoms with van der Waals surface area (Å²) in [7, 11) is 0. The van der Waals surface area contributed by atoms with Crippen LogP contribution in [0.4, 0.5) is 0 Å². The van der Waals surface area contributed by atoms with Gasteiger partial charge in [0, 0.05) is 51.2 Å². The van der Waals surface area contributed by atoms with Gasteiger partial charge in [-0.25, -0.2) is 0 Å². The highest BCUT2D eigenvalue weighted by molar-refractivity contribution is 5.78. The van der Waals surface area contributed by atoms with Gasteiger partial charge in [-0.05, 0) is 20.3 Å². The van der Waals surface area contributed by atoms with Crippen LogP contribution in [-0.2, 0) is 9.53 Å². The van der Waals surface area contributed by atoms with Crippen LogP contribution in [-0.4, -0.2) is 74.2 Å². The summed E-state index contributed by atoms with van der Waals surface area (Å²) in [6.45, 7) is 16.0. The van der Waals surface area contributed by atoms with Crippen LogP contribution in [0, 0.1) is 5.92 Å². The summed E-state index contributed by atoms with van der Waals surface area (Å²) in [6.07, 6.45) is 0.884. The fourth-order valence-electron chi connectivity index (χ4n) is 2.41. The molecule has 1 fully saturated rings. The fraction of sp³-hybridized carbons (Fsp3) is 0.938. The molecule has 124 valence electrons. The molecule has 1 N–H and O–H groups in total. The van der Waals surface area contributed by atoms with Crippen LogP contribution in [0.3, 0.4) is 0 Å². The van der Waals surface area contributed by atoms with Crippen molar-refractivity contribution in [2.75, 3.05) is 52.5 Å². The Hall–Kier alpha value is -0.650. The molecule has 0 radical (unpaired) electrons. The van der Waals surface area contributed by atoms with Crippen LogP contribution in [0.5, 0.6) is 0 Å². The molecular weight excluding hydrogens is 266 g/mol.